The van der Waals surface area contributed by atoms with Crippen LogP contribution in [0.15, 0.2) is 30.5 Å². The summed E-state index contributed by atoms with van der Waals surface area (Å²) in [6.07, 6.45) is 6.11. The summed E-state index contributed by atoms with van der Waals surface area (Å²) in [6, 6.07) is 7.24. The number of carbonyl (C=O) groups excluding carboxylic acids is 1. The van der Waals surface area contributed by atoms with Crippen LogP contribution in [0.25, 0.3) is 22.0 Å². The largest absolute Gasteiger partial charge is 0.495 e. The van der Waals surface area contributed by atoms with Crippen molar-refractivity contribution in [2.45, 2.75) is 25.7 Å². The number of nitrogens with zero attached hydrogens (tertiary/aromatic N) is 2. The zero-order valence-corrected chi connectivity index (χ0v) is 19.7. The number of hydrogen-bond acceptors (Lipinski definition) is 7. The average molecular weight is 478 g/mol. The van der Waals surface area contributed by atoms with Gasteiger partial charge in [0.05, 0.1) is 42.8 Å². The van der Waals surface area contributed by atoms with E-state index in [4.69, 9.17) is 38.4 Å². The molecule has 0 radical (unpaired) electrons. The minimum absolute atomic E-state index is 0.0208. The third kappa shape index (κ3) is 5.16. The molecule has 1 saturated carbocycles. The maximum atomic E-state index is 10.8. The lowest BCUT2D eigenvalue weighted by molar-refractivity contribution is -0.145. The van der Waals surface area contributed by atoms with Gasteiger partial charge in [-0.15, -0.1) is 0 Å². The Bertz CT molecular complexity index is 1090. The highest BCUT2D eigenvalue weighted by Gasteiger charge is 2.22. The first-order valence-corrected chi connectivity index (χ1v) is 10.9. The topological polar surface area (TPSA) is 96.6 Å². The van der Waals surface area contributed by atoms with Crippen LogP contribution < -0.4 is 15.2 Å². The number of anilines is 1. The Morgan fingerprint density at radius 1 is 1.03 bits per heavy atom. The van der Waals surface area contributed by atoms with E-state index < -0.39 is 0 Å². The number of rotatable bonds is 4. The first-order valence-electron chi connectivity index (χ1n) is 10.1. The maximum Gasteiger partial charge on any atom is 0.308 e. The van der Waals surface area contributed by atoms with Gasteiger partial charge < -0.3 is 19.9 Å². The van der Waals surface area contributed by atoms with Crippen molar-refractivity contribution >= 4 is 46.0 Å². The molecule has 1 aliphatic carbocycles. The summed E-state index contributed by atoms with van der Waals surface area (Å²) >= 11 is 12.9. The normalized spacial score (nSPS) is 13.4. The zero-order chi connectivity index (χ0) is 23.3. The maximum absolute atomic E-state index is 10.8. The van der Waals surface area contributed by atoms with Gasteiger partial charge >= 0.3 is 5.97 Å². The molecule has 0 amide bonds. The van der Waals surface area contributed by atoms with E-state index in [0.717, 1.165) is 29.3 Å². The summed E-state index contributed by atoms with van der Waals surface area (Å²) < 4.78 is 15.2. The molecule has 2 N–H and O–H groups in total. The zero-order valence-electron chi connectivity index (χ0n) is 18.2. The standard InChI is InChI=1S/C16H13Cl2N3O2.C7H12O2/c1-22-11-6-12(23-2)15(18)13(14(11)17)8-3-4-10-9(5-8)7-20-16(19)21-10;1-9-7(8)6-4-2-3-5-6/h3-7H,1-2H3,(H2,19,20,21);6H,2-5H2,1H3. The fourth-order valence-corrected chi connectivity index (χ4v) is 4.39. The molecule has 9 heteroatoms. The second kappa shape index (κ2) is 10.7. The van der Waals surface area contributed by atoms with Crippen LogP contribution in [0.3, 0.4) is 0 Å². The summed E-state index contributed by atoms with van der Waals surface area (Å²) in [6.45, 7) is 0. The van der Waals surface area contributed by atoms with E-state index in [1.807, 2.05) is 18.2 Å². The molecule has 4 rings (SSSR count). The van der Waals surface area contributed by atoms with Gasteiger partial charge in [0.1, 0.15) is 11.5 Å². The first-order chi connectivity index (χ1) is 15.4. The number of nitrogens with two attached hydrogens (primary N) is 1. The summed E-state index contributed by atoms with van der Waals surface area (Å²) in [5.74, 6) is 1.39. The molecular formula is C23H25Cl2N3O4. The Hall–Kier alpha value is -2.77. The van der Waals surface area contributed by atoms with Gasteiger partial charge in [0.15, 0.2) is 0 Å². The Morgan fingerprint density at radius 2 is 1.66 bits per heavy atom. The molecule has 0 unspecified atom stereocenters. The highest BCUT2D eigenvalue weighted by molar-refractivity contribution is 6.41. The van der Waals surface area contributed by atoms with E-state index >= 15 is 0 Å². The Kier molecular flexibility index (Phi) is 7.99. The van der Waals surface area contributed by atoms with Gasteiger partial charge in [-0.05, 0) is 30.5 Å². The van der Waals surface area contributed by atoms with E-state index in [-0.39, 0.29) is 17.8 Å². The van der Waals surface area contributed by atoms with Crippen LogP contribution in [-0.2, 0) is 9.53 Å². The van der Waals surface area contributed by atoms with Gasteiger partial charge in [-0.25, -0.2) is 9.97 Å². The fraction of sp³-hybridized carbons (Fsp3) is 0.348. The number of hydrogen-bond donors (Lipinski definition) is 1. The van der Waals surface area contributed by atoms with Crippen LogP contribution in [0.4, 0.5) is 5.95 Å². The van der Waals surface area contributed by atoms with E-state index in [2.05, 4.69) is 14.7 Å². The molecule has 32 heavy (non-hydrogen) atoms. The smallest absolute Gasteiger partial charge is 0.308 e. The summed E-state index contributed by atoms with van der Waals surface area (Å²) in [4.78, 5) is 19.0. The number of halogens is 2. The molecule has 7 nitrogen and oxygen atoms in total. The number of ether oxygens (including phenoxy) is 3. The van der Waals surface area contributed by atoms with E-state index in [0.29, 0.717) is 27.1 Å². The van der Waals surface area contributed by atoms with Gasteiger partial charge in [0.2, 0.25) is 5.95 Å². The minimum atomic E-state index is -0.0208. The lowest BCUT2D eigenvalue weighted by Gasteiger charge is -2.15. The Morgan fingerprint density at radius 3 is 2.22 bits per heavy atom. The molecule has 1 aliphatic rings. The van der Waals surface area contributed by atoms with Crippen molar-refractivity contribution in [3.8, 4) is 22.6 Å². The van der Waals surface area contributed by atoms with Crippen molar-refractivity contribution in [1.82, 2.24) is 9.97 Å². The number of benzene rings is 2. The number of nitrogen functional groups attached to an aromatic ring is 1. The van der Waals surface area contributed by atoms with Crippen molar-refractivity contribution in [2.24, 2.45) is 5.92 Å². The number of fused-ring (bicyclic) bond motifs is 1. The van der Waals surface area contributed by atoms with Gasteiger partial charge in [-0.3, -0.25) is 4.79 Å². The van der Waals surface area contributed by atoms with Crippen molar-refractivity contribution in [3.05, 3.63) is 40.5 Å². The molecule has 0 aliphatic heterocycles. The van der Waals surface area contributed by atoms with Crippen molar-refractivity contribution in [1.29, 1.82) is 0 Å². The van der Waals surface area contributed by atoms with E-state index in [1.165, 1.54) is 34.2 Å². The predicted molar refractivity (Wildman–Crippen MR) is 126 cm³/mol. The second-order valence-corrected chi connectivity index (χ2v) is 8.05. The molecule has 0 atom stereocenters. The number of esters is 1. The highest BCUT2D eigenvalue weighted by Crippen LogP contribution is 2.46. The van der Waals surface area contributed by atoms with Crippen LogP contribution in [0.2, 0.25) is 10.0 Å². The second-order valence-electron chi connectivity index (χ2n) is 7.29. The summed E-state index contributed by atoms with van der Waals surface area (Å²) in [5.41, 5.74) is 7.77. The molecule has 170 valence electrons. The monoisotopic (exact) mass is 477 g/mol. The molecule has 2 aromatic carbocycles. The molecule has 1 aromatic heterocycles. The number of aromatic nitrogens is 2. The molecule has 1 fully saturated rings. The molecule has 0 bridgehead atoms. The minimum Gasteiger partial charge on any atom is -0.495 e. The van der Waals surface area contributed by atoms with Crippen LogP contribution in [-0.4, -0.2) is 37.3 Å². The molecule has 1 heterocycles. The van der Waals surface area contributed by atoms with E-state index in [9.17, 15) is 4.79 Å². The van der Waals surface area contributed by atoms with Gasteiger partial charge in [-0.1, -0.05) is 42.1 Å². The average Bonchev–Trinajstić information content (AvgIpc) is 3.34. The SMILES string of the molecule is COC(=O)C1CCCC1.COc1cc(OC)c(Cl)c(-c2ccc3nc(N)ncc3c2)c1Cl. The number of methoxy groups -OCH3 is 3. The summed E-state index contributed by atoms with van der Waals surface area (Å²) in [7, 11) is 4.53. The van der Waals surface area contributed by atoms with Crippen molar-refractivity contribution in [2.75, 3.05) is 27.1 Å². The van der Waals surface area contributed by atoms with Crippen LogP contribution in [0, 0.1) is 5.92 Å². The van der Waals surface area contributed by atoms with Gasteiger partial charge in [0, 0.05) is 23.2 Å². The number of carbonyl (C=O) groups is 1. The highest BCUT2D eigenvalue weighted by atomic mass is 35.5. The molecule has 0 spiro atoms. The van der Waals surface area contributed by atoms with Gasteiger partial charge in [0.25, 0.3) is 0 Å². The van der Waals surface area contributed by atoms with Crippen molar-refractivity contribution in [3.63, 3.8) is 0 Å². The van der Waals surface area contributed by atoms with Crippen molar-refractivity contribution < 1.29 is 19.0 Å². The molecule has 3 aromatic rings. The summed E-state index contributed by atoms with van der Waals surface area (Å²) in [5, 5.41) is 1.65. The lowest BCUT2D eigenvalue weighted by Crippen LogP contribution is -2.11. The lowest BCUT2D eigenvalue weighted by atomic mass is 10.0. The third-order valence-electron chi connectivity index (χ3n) is 5.35. The van der Waals surface area contributed by atoms with Gasteiger partial charge in [-0.2, -0.15) is 0 Å². The quantitative estimate of drug-likeness (QED) is 0.491. The third-order valence-corrected chi connectivity index (χ3v) is 6.10. The molecular weight excluding hydrogens is 453 g/mol. The fourth-order valence-electron chi connectivity index (χ4n) is 3.67. The Labute approximate surface area is 196 Å². The molecule has 0 saturated heterocycles. The van der Waals surface area contributed by atoms with Crippen LogP contribution >= 0.6 is 23.2 Å². The van der Waals surface area contributed by atoms with Crippen LogP contribution in [0.5, 0.6) is 11.5 Å². The first kappa shape index (κ1) is 23.9. The Balaban J connectivity index is 0.000000269. The van der Waals surface area contributed by atoms with Crippen LogP contribution in [0.1, 0.15) is 25.7 Å². The van der Waals surface area contributed by atoms with E-state index in [1.54, 1.807) is 12.3 Å². The predicted octanol–water partition coefficient (Wildman–Crippen LogP) is 5.55.